The largest absolute Gasteiger partial charge is 0.477 e. The molecule has 0 aliphatic heterocycles. The Hall–Kier alpha value is -1.57. The first-order valence-corrected chi connectivity index (χ1v) is 8.41. The number of carbonyl (C=O) groups is 1. The number of hydrogen-bond donors (Lipinski definition) is 1. The number of aromatic nitrogens is 1. The van der Waals surface area contributed by atoms with Gasteiger partial charge in [-0.25, -0.2) is 4.79 Å². The van der Waals surface area contributed by atoms with Gasteiger partial charge in [0, 0.05) is 22.1 Å². The van der Waals surface area contributed by atoms with E-state index in [1.54, 1.807) is 29.2 Å². The normalized spacial score (nSPS) is 10.8. The molecule has 0 aromatic carbocycles. The molecule has 3 heterocycles. The summed E-state index contributed by atoms with van der Waals surface area (Å²) in [7, 11) is 0. The fraction of sp³-hybridized carbons (Fsp3) is 0.0769. The van der Waals surface area contributed by atoms with Crippen LogP contribution in [0.25, 0.3) is 10.6 Å². The lowest BCUT2D eigenvalue weighted by Crippen LogP contribution is -1.89. The topological polar surface area (TPSA) is 63.3 Å². The molecular formula is C13H9NO3S3. The van der Waals surface area contributed by atoms with Crippen LogP contribution in [0.5, 0.6) is 0 Å². The van der Waals surface area contributed by atoms with Gasteiger partial charge in [0.2, 0.25) is 0 Å². The Morgan fingerprint density at radius 3 is 3.00 bits per heavy atom. The molecule has 0 atom stereocenters. The fourth-order valence-electron chi connectivity index (χ4n) is 1.58. The van der Waals surface area contributed by atoms with Crippen molar-refractivity contribution in [1.29, 1.82) is 0 Å². The average molecular weight is 323 g/mol. The fourth-order valence-corrected chi connectivity index (χ4v) is 4.00. The van der Waals surface area contributed by atoms with Crippen LogP contribution in [-0.2, 0) is 5.75 Å². The molecule has 0 saturated heterocycles. The highest BCUT2D eigenvalue weighted by molar-refractivity contribution is 7.98. The molecule has 3 aromatic rings. The predicted octanol–water partition coefficient (Wildman–Crippen LogP) is 4.46. The number of aromatic carboxylic acids is 1. The minimum Gasteiger partial charge on any atom is -0.477 e. The van der Waals surface area contributed by atoms with Gasteiger partial charge in [0.1, 0.15) is 4.88 Å². The number of carboxylic acids is 1. The molecule has 3 aromatic heterocycles. The van der Waals surface area contributed by atoms with Crippen LogP contribution >= 0.6 is 34.4 Å². The van der Waals surface area contributed by atoms with Gasteiger partial charge in [-0.05, 0) is 17.5 Å². The van der Waals surface area contributed by atoms with Gasteiger partial charge in [0.15, 0.2) is 5.76 Å². The predicted molar refractivity (Wildman–Crippen MR) is 80.7 cm³/mol. The van der Waals surface area contributed by atoms with Crippen LogP contribution in [0.4, 0.5) is 0 Å². The van der Waals surface area contributed by atoms with Gasteiger partial charge in [-0.15, -0.1) is 34.4 Å². The number of thiophene rings is 2. The zero-order valence-corrected chi connectivity index (χ0v) is 12.6. The summed E-state index contributed by atoms with van der Waals surface area (Å²) >= 11 is 4.39. The molecule has 1 N–H and O–H groups in total. The van der Waals surface area contributed by atoms with Crippen LogP contribution in [0.3, 0.4) is 0 Å². The molecule has 0 spiro atoms. The maximum absolute atomic E-state index is 10.8. The minimum atomic E-state index is -0.886. The number of nitrogens with zero attached hydrogens (tertiary/aromatic N) is 1. The van der Waals surface area contributed by atoms with E-state index in [0.717, 1.165) is 21.2 Å². The van der Waals surface area contributed by atoms with Crippen molar-refractivity contribution in [2.75, 3.05) is 0 Å². The van der Waals surface area contributed by atoms with Crippen molar-refractivity contribution < 1.29 is 14.4 Å². The van der Waals surface area contributed by atoms with E-state index < -0.39 is 5.97 Å². The van der Waals surface area contributed by atoms with E-state index in [4.69, 9.17) is 9.63 Å². The summed E-state index contributed by atoms with van der Waals surface area (Å²) in [5, 5.41) is 16.7. The molecule has 3 rings (SSSR count). The quantitative estimate of drug-likeness (QED) is 0.703. The second-order valence-electron chi connectivity index (χ2n) is 3.90. The first-order chi connectivity index (χ1) is 9.72. The van der Waals surface area contributed by atoms with Gasteiger partial charge in [-0.2, -0.15) is 0 Å². The van der Waals surface area contributed by atoms with E-state index in [1.807, 2.05) is 29.0 Å². The van der Waals surface area contributed by atoms with Crippen LogP contribution in [-0.4, -0.2) is 16.2 Å². The van der Waals surface area contributed by atoms with Crippen molar-refractivity contribution in [2.24, 2.45) is 0 Å². The molecule has 0 bridgehead atoms. The van der Waals surface area contributed by atoms with Gasteiger partial charge < -0.3 is 9.63 Å². The summed E-state index contributed by atoms with van der Waals surface area (Å²) in [6, 6.07) is 7.55. The standard InChI is InChI=1S/C13H9NO3S3/c15-13(16)12-5-9(7-20-12)19-6-8-4-10(17-14-8)11-2-1-3-18-11/h1-5,7H,6H2,(H,15,16). The third kappa shape index (κ3) is 2.95. The SMILES string of the molecule is O=C(O)c1cc(SCc2cc(-c3cccs3)on2)cs1. The Morgan fingerprint density at radius 1 is 1.40 bits per heavy atom. The molecule has 0 saturated carbocycles. The highest BCUT2D eigenvalue weighted by atomic mass is 32.2. The second-order valence-corrected chi connectivity index (χ2v) is 6.81. The number of thioether (sulfide) groups is 1. The number of hydrogen-bond acceptors (Lipinski definition) is 6. The van der Waals surface area contributed by atoms with Crippen LogP contribution in [0.15, 0.2) is 44.4 Å². The molecule has 7 heteroatoms. The maximum Gasteiger partial charge on any atom is 0.345 e. The average Bonchev–Trinajstić information content (AvgIpc) is 3.17. The van der Waals surface area contributed by atoms with Crippen molar-refractivity contribution in [3.8, 4) is 10.6 Å². The molecule has 102 valence electrons. The summed E-state index contributed by atoms with van der Waals surface area (Å²) < 4.78 is 5.30. The lowest BCUT2D eigenvalue weighted by molar-refractivity contribution is 0.0702. The molecule has 0 aliphatic carbocycles. The van der Waals surface area contributed by atoms with Gasteiger partial charge in [-0.1, -0.05) is 11.2 Å². The minimum absolute atomic E-state index is 0.354. The smallest absolute Gasteiger partial charge is 0.345 e. The van der Waals surface area contributed by atoms with E-state index >= 15 is 0 Å². The van der Waals surface area contributed by atoms with E-state index in [-0.39, 0.29) is 0 Å². The van der Waals surface area contributed by atoms with Gasteiger partial charge in [0.05, 0.1) is 10.6 Å². The first-order valence-electron chi connectivity index (χ1n) is 5.66. The number of carboxylic acid groups (broad SMARTS) is 1. The monoisotopic (exact) mass is 323 g/mol. The summed E-state index contributed by atoms with van der Waals surface area (Å²) in [5.74, 6) is 0.542. The van der Waals surface area contributed by atoms with Crippen LogP contribution in [0.2, 0.25) is 0 Å². The molecule has 20 heavy (non-hydrogen) atoms. The Bertz CT molecular complexity index is 715. The first kappa shape index (κ1) is 13.4. The zero-order chi connectivity index (χ0) is 13.9. The van der Waals surface area contributed by atoms with Crippen molar-refractivity contribution in [3.63, 3.8) is 0 Å². The van der Waals surface area contributed by atoms with E-state index in [9.17, 15) is 4.79 Å². The lowest BCUT2D eigenvalue weighted by Gasteiger charge is -1.92. The second kappa shape index (κ2) is 5.82. The number of rotatable bonds is 5. The van der Waals surface area contributed by atoms with E-state index in [0.29, 0.717) is 10.6 Å². The Kier molecular flexibility index (Phi) is 3.90. The molecule has 0 radical (unpaired) electrons. The highest BCUT2D eigenvalue weighted by Gasteiger charge is 2.10. The third-order valence-corrected chi connectivity index (χ3v) is 5.46. The third-order valence-electron chi connectivity index (χ3n) is 2.50. The summed E-state index contributed by atoms with van der Waals surface area (Å²) in [4.78, 5) is 13.1. The van der Waals surface area contributed by atoms with Gasteiger partial charge in [0.25, 0.3) is 0 Å². The Morgan fingerprint density at radius 2 is 2.30 bits per heavy atom. The van der Waals surface area contributed by atoms with Crippen LogP contribution in [0, 0.1) is 0 Å². The highest BCUT2D eigenvalue weighted by Crippen LogP contribution is 2.30. The molecule has 0 aliphatic rings. The van der Waals surface area contributed by atoms with E-state index in [1.165, 1.54) is 11.3 Å². The van der Waals surface area contributed by atoms with Crippen molar-refractivity contribution in [1.82, 2.24) is 5.16 Å². The molecular weight excluding hydrogens is 314 g/mol. The lowest BCUT2D eigenvalue weighted by atomic mass is 10.3. The van der Waals surface area contributed by atoms with Crippen molar-refractivity contribution >= 4 is 40.4 Å². The molecule has 0 unspecified atom stereocenters. The van der Waals surface area contributed by atoms with Crippen molar-refractivity contribution in [3.05, 3.63) is 45.6 Å². The maximum atomic E-state index is 10.8. The summed E-state index contributed by atoms with van der Waals surface area (Å²) in [5.41, 5.74) is 0.849. The van der Waals surface area contributed by atoms with Gasteiger partial charge >= 0.3 is 5.97 Å². The zero-order valence-electron chi connectivity index (χ0n) is 10.1. The summed E-state index contributed by atoms with van der Waals surface area (Å²) in [6.07, 6.45) is 0. The molecule has 4 nitrogen and oxygen atoms in total. The van der Waals surface area contributed by atoms with Crippen molar-refractivity contribution in [2.45, 2.75) is 10.6 Å². The van der Waals surface area contributed by atoms with Crippen LogP contribution in [0.1, 0.15) is 15.4 Å². The van der Waals surface area contributed by atoms with Crippen LogP contribution < -0.4 is 0 Å². The Labute approximate surface area is 127 Å². The van der Waals surface area contributed by atoms with E-state index in [2.05, 4.69) is 5.16 Å². The Balaban J connectivity index is 1.65. The summed E-state index contributed by atoms with van der Waals surface area (Å²) in [6.45, 7) is 0. The van der Waals surface area contributed by atoms with Gasteiger partial charge in [-0.3, -0.25) is 0 Å². The molecule has 0 amide bonds. The molecule has 0 fully saturated rings.